The Hall–Kier alpha value is -1.24. The summed E-state index contributed by atoms with van der Waals surface area (Å²) in [6.07, 6.45) is 10.6. The lowest BCUT2D eigenvalue weighted by Crippen LogP contribution is -2.22. The third kappa shape index (κ3) is 2.77. The predicted molar refractivity (Wildman–Crippen MR) is 74.0 cm³/mol. The van der Waals surface area contributed by atoms with Crippen molar-refractivity contribution in [3.63, 3.8) is 0 Å². The summed E-state index contributed by atoms with van der Waals surface area (Å²) in [5.41, 5.74) is 1.27. The Morgan fingerprint density at radius 2 is 1.83 bits per heavy atom. The maximum absolute atomic E-state index is 5.98. The molecule has 0 aliphatic heterocycles. The van der Waals surface area contributed by atoms with Gasteiger partial charge in [-0.2, -0.15) is 0 Å². The topological polar surface area (TPSA) is 9.23 Å². The van der Waals surface area contributed by atoms with Gasteiger partial charge in [0.05, 0.1) is 5.76 Å². The lowest BCUT2D eigenvalue weighted by molar-refractivity contribution is 0.152. The third-order valence-electron chi connectivity index (χ3n) is 4.40. The Morgan fingerprint density at radius 1 is 1.00 bits per heavy atom. The molecule has 1 aromatic rings. The molecule has 2 aliphatic rings. The zero-order valence-corrected chi connectivity index (χ0v) is 11.0. The molecular formula is C17H22O. The number of hydrogen-bond acceptors (Lipinski definition) is 1. The molecule has 1 nitrogen and oxygen atoms in total. The van der Waals surface area contributed by atoms with Gasteiger partial charge in [-0.1, -0.05) is 43.2 Å². The van der Waals surface area contributed by atoms with Crippen molar-refractivity contribution in [2.24, 2.45) is 11.8 Å². The molecule has 0 spiro atoms. The summed E-state index contributed by atoms with van der Waals surface area (Å²) in [4.78, 5) is 0. The standard InChI is InChI=1S/C17H22O/c1-2-6-14(7-3-1)13-18-17-11-10-15-8-4-5-9-16(15)12-17/h1-3,6-7,12,15-16H,4-5,8-11,13H2. The molecule has 0 saturated heterocycles. The molecule has 1 heteroatoms. The summed E-state index contributed by atoms with van der Waals surface area (Å²) in [6, 6.07) is 10.5. The highest BCUT2D eigenvalue weighted by atomic mass is 16.5. The Kier molecular flexibility index (Phi) is 3.68. The van der Waals surface area contributed by atoms with Gasteiger partial charge in [0.1, 0.15) is 6.61 Å². The van der Waals surface area contributed by atoms with Crippen LogP contribution in [0.15, 0.2) is 42.2 Å². The number of fused-ring (bicyclic) bond motifs is 1. The maximum Gasteiger partial charge on any atom is 0.113 e. The van der Waals surface area contributed by atoms with Crippen LogP contribution in [-0.4, -0.2) is 0 Å². The fourth-order valence-corrected chi connectivity index (χ4v) is 3.33. The van der Waals surface area contributed by atoms with E-state index in [2.05, 4.69) is 36.4 Å². The van der Waals surface area contributed by atoms with Crippen LogP contribution in [-0.2, 0) is 11.3 Å². The van der Waals surface area contributed by atoms with Crippen LogP contribution in [0.5, 0.6) is 0 Å². The number of rotatable bonds is 3. The van der Waals surface area contributed by atoms with E-state index in [1.165, 1.54) is 43.4 Å². The predicted octanol–water partition coefficient (Wildman–Crippen LogP) is 4.69. The monoisotopic (exact) mass is 242 g/mol. The fraction of sp³-hybridized carbons (Fsp3) is 0.529. The molecule has 96 valence electrons. The Labute approximate surface area is 110 Å². The van der Waals surface area contributed by atoms with Crippen LogP contribution < -0.4 is 0 Å². The van der Waals surface area contributed by atoms with Crippen molar-refractivity contribution < 1.29 is 4.74 Å². The molecule has 3 rings (SSSR count). The van der Waals surface area contributed by atoms with Gasteiger partial charge in [-0.05, 0) is 42.7 Å². The first kappa shape index (κ1) is 11.8. The molecule has 2 aliphatic carbocycles. The molecule has 18 heavy (non-hydrogen) atoms. The van der Waals surface area contributed by atoms with E-state index in [4.69, 9.17) is 4.74 Å². The molecule has 1 fully saturated rings. The molecule has 2 atom stereocenters. The molecule has 0 bridgehead atoms. The van der Waals surface area contributed by atoms with Crippen molar-refractivity contribution >= 4 is 0 Å². The molecule has 1 saturated carbocycles. The van der Waals surface area contributed by atoms with Crippen LogP contribution in [0.3, 0.4) is 0 Å². The van der Waals surface area contributed by atoms with Gasteiger partial charge in [0.25, 0.3) is 0 Å². The largest absolute Gasteiger partial charge is 0.494 e. The van der Waals surface area contributed by atoms with E-state index in [1.807, 2.05) is 0 Å². The number of benzene rings is 1. The first-order chi connectivity index (χ1) is 8.92. The molecule has 0 aromatic heterocycles. The van der Waals surface area contributed by atoms with Crippen LogP contribution in [0.25, 0.3) is 0 Å². The normalized spacial score (nSPS) is 27.2. The fourth-order valence-electron chi connectivity index (χ4n) is 3.33. The molecule has 0 amide bonds. The lowest BCUT2D eigenvalue weighted by Gasteiger charge is -2.33. The van der Waals surface area contributed by atoms with Gasteiger partial charge in [-0.25, -0.2) is 0 Å². The SMILES string of the molecule is C1=C(OCc2ccccc2)CCC2CCCCC12. The summed E-state index contributed by atoms with van der Waals surface area (Å²) >= 11 is 0. The van der Waals surface area contributed by atoms with Gasteiger partial charge < -0.3 is 4.74 Å². The second-order valence-electron chi connectivity index (χ2n) is 5.65. The van der Waals surface area contributed by atoms with E-state index < -0.39 is 0 Å². The van der Waals surface area contributed by atoms with Crippen molar-refractivity contribution in [2.75, 3.05) is 0 Å². The van der Waals surface area contributed by atoms with E-state index >= 15 is 0 Å². The number of hydrogen-bond donors (Lipinski definition) is 0. The highest BCUT2D eigenvalue weighted by Gasteiger charge is 2.27. The van der Waals surface area contributed by atoms with Crippen LogP contribution in [0.1, 0.15) is 44.1 Å². The zero-order valence-electron chi connectivity index (χ0n) is 11.0. The first-order valence-corrected chi connectivity index (χ1v) is 7.29. The van der Waals surface area contributed by atoms with Crippen LogP contribution in [0.4, 0.5) is 0 Å². The van der Waals surface area contributed by atoms with Crippen molar-refractivity contribution in [1.29, 1.82) is 0 Å². The molecule has 2 unspecified atom stereocenters. The van der Waals surface area contributed by atoms with Crippen molar-refractivity contribution in [2.45, 2.75) is 45.1 Å². The summed E-state index contributed by atoms with van der Waals surface area (Å²) in [6.45, 7) is 0.726. The summed E-state index contributed by atoms with van der Waals surface area (Å²) in [7, 11) is 0. The number of ether oxygens (including phenoxy) is 1. The zero-order chi connectivity index (χ0) is 12.2. The summed E-state index contributed by atoms with van der Waals surface area (Å²) < 4.78 is 5.98. The van der Waals surface area contributed by atoms with Crippen molar-refractivity contribution in [1.82, 2.24) is 0 Å². The van der Waals surface area contributed by atoms with Crippen LogP contribution in [0.2, 0.25) is 0 Å². The van der Waals surface area contributed by atoms with Crippen molar-refractivity contribution in [3.8, 4) is 0 Å². The average molecular weight is 242 g/mol. The van der Waals surface area contributed by atoms with E-state index in [0.29, 0.717) is 0 Å². The van der Waals surface area contributed by atoms with Gasteiger partial charge in [0.2, 0.25) is 0 Å². The van der Waals surface area contributed by atoms with Crippen LogP contribution in [0, 0.1) is 11.8 Å². The number of allylic oxidation sites excluding steroid dienone is 2. The van der Waals surface area contributed by atoms with Gasteiger partial charge in [0, 0.05) is 6.42 Å². The minimum absolute atomic E-state index is 0.726. The lowest BCUT2D eigenvalue weighted by atomic mass is 9.74. The summed E-state index contributed by atoms with van der Waals surface area (Å²) in [5, 5.41) is 0. The highest BCUT2D eigenvalue weighted by Crippen LogP contribution is 2.39. The quantitative estimate of drug-likeness (QED) is 0.747. The molecule has 1 aromatic carbocycles. The minimum Gasteiger partial charge on any atom is -0.494 e. The third-order valence-corrected chi connectivity index (χ3v) is 4.40. The van der Waals surface area contributed by atoms with Crippen molar-refractivity contribution in [3.05, 3.63) is 47.7 Å². The van der Waals surface area contributed by atoms with E-state index in [1.54, 1.807) is 0 Å². The van der Waals surface area contributed by atoms with Crippen LogP contribution >= 0.6 is 0 Å². The molecular weight excluding hydrogens is 220 g/mol. The van der Waals surface area contributed by atoms with Gasteiger partial charge >= 0.3 is 0 Å². The molecule has 0 radical (unpaired) electrons. The van der Waals surface area contributed by atoms with Gasteiger partial charge in [0.15, 0.2) is 0 Å². The second-order valence-corrected chi connectivity index (χ2v) is 5.65. The van der Waals surface area contributed by atoms with Gasteiger partial charge in [-0.15, -0.1) is 0 Å². The van der Waals surface area contributed by atoms with E-state index in [-0.39, 0.29) is 0 Å². The Morgan fingerprint density at radius 3 is 2.72 bits per heavy atom. The molecule has 0 heterocycles. The summed E-state index contributed by atoms with van der Waals surface area (Å²) in [5.74, 6) is 2.99. The first-order valence-electron chi connectivity index (χ1n) is 7.29. The smallest absolute Gasteiger partial charge is 0.113 e. The Balaban J connectivity index is 1.58. The Bertz CT molecular complexity index is 407. The maximum atomic E-state index is 5.98. The molecule has 0 N–H and O–H groups in total. The van der Waals surface area contributed by atoms with E-state index in [9.17, 15) is 0 Å². The average Bonchev–Trinajstić information content (AvgIpc) is 2.46. The second kappa shape index (κ2) is 5.60. The van der Waals surface area contributed by atoms with E-state index in [0.717, 1.165) is 24.9 Å². The van der Waals surface area contributed by atoms with Gasteiger partial charge in [-0.3, -0.25) is 0 Å². The highest BCUT2D eigenvalue weighted by molar-refractivity contribution is 5.14. The minimum atomic E-state index is 0.726.